The summed E-state index contributed by atoms with van der Waals surface area (Å²) in [5, 5.41) is 9.04. The van der Waals surface area contributed by atoms with Crippen molar-refractivity contribution < 1.29 is 18.3 Å². The third-order valence-corrected chi connectivity index (χ3v) is 4.70. The number of rotatable bonds is 7. The zero-order valence-corrected chi connectivity index (χ0v) is 12.8. The molecule has 1 aromatic carbocycles. The van der Waals surface area contributed by atoms with Crippen molar-refractivity contribution in [1.29, 1.82) is 0 Å². The number of carboxylic acids is 1. The second-order valence-electron chi connectivity index (χ2n) is 5.04. The monoisotopic (exact) mass is 299 g/mol. The van der Waals surface area contributed by atoms with Crippen LogP contribution in [0.4, 0.5) is 0 Å². The Morgan fingerprint density at radius 2 is 1.80 bits per heavy atom. The first-order valence-corrected chi connectivity index (χ1v) is 8.07. The SMILES string of the molecule is CCc1ccc(S(=O)(=O)NCC(C(=O)O)C(C)C)cc1. The standard InChI is InChI=1S/C14H21NO4S/c1-4-11-5-7-12(8-6-11)20(18,19)15-9-13(10(2)3)14(16)17/h5-8,10,13,15H,4,9H2,1-3H3,(H,16,17). The number of aliphatic carboxylic acids is 1. The average molecular weight is 299 g/mol. The average Bonchev–Trinajstić information content (AvgIpc) is 2.38. The fourth-order valence-electron chi connectivity index (χ4n) is 1.80. The molecule has 1 atom stereocenters. The summed E-state index contributed by atoms with van der Waals surface area (Å²) in [6, 6.07) is 6.58. The maximum atomic E-state index is 12.1. The summed E-state index contributed by atoms with van der Waals surface area (Å²) in [6.07, 6.45) is 0.836. The van der Waals surface area contributed by atoms with Gasteiger partial charge in [-0.1, -0.05) is 32.9 Å². The summed E-state index contributed by atoms with van der Waals surface area (Å²) in [6.45, 7) is 5.39. The Morgan fingerprint density at radius 1 is 1.25 bits per heavy atom. The Kier molecular flexibility index (Phi) is 5.71. The lowest BCUT2D eigenvalue weighted by Gasteiger charge is -2.16. The van der Waals surface area contributed by atoms with Crippen molar-refractivity contribution >= 4 is 16.0 Å². The van der Waals surface area contributed by atoms with Crippen molar-refractivity contribution in [2.45, 2.75) is 32.1 Å². The lowest BCUT2D eigenvalue weighted by molar-refractivity contribution is -0.142. The molecule has 2 N–H and O–H groups in total. The Bertz CT molecular complexity index is 549. The molecule has 6 heteroatoms. The van der Waals surface area contributed by atoms with Crippen LogP contribution < -0.4 is 4.72 Å². The summed E-state index contributed by atoms with van der Waals surface area (Å²) in [4.78, 5) is 11.2. The van der Waals surface area contributed by atoms with Crippen LogP contribution in [-0.4, -0.2) is 26.0 Å². The first kappa shape index (κ1) is 16.7. The molecule has 0 saturated heterocycles. The van der Waals surface area contributed by atoms with Gasteiger partial charge in [0.25, 0.3) is 0 Å². The number of carboxylic acid groups (broad SMARTS) is 1. The molecule has 112 valence electrons. The van der Waals surface area contributed by atoms with Gasteiger partial charge in [0.15, 0.2) is 0 Å². The molecule has 0 bridgehead atoms. The molecule has 0 heterocycles. The fourth-order valence-corrected chi connectivity index (χ4v) is 2.86. The molecule has 1 unspecified atom stereocenters. The van der Waals surface area contributed by atoms with Crippen LogP contribution in [0.3, 0.4) is 0 Å². The number of benzene rings is 1. The topological polar surface area (TPSA) is 83.5 Å². The van der Waals surface area contributed by atoms with Gasteiger partial charge in [-0.25, -0.2) is 13.1 Å². The molecule has 1 aromatic rings. The van der Waals surface area contributed by atoms with Gasteiger partial charge in [-0.05, 0) is 30.0 Å². The summed E-state index contributed by atoms with van der Waals surface area (Å²) in [5.74, 6) is -1.87. The highest BCUT2D eigenvalue weighted by Gasteiger charge is 2.24. The predicted octanol–water partition coefficient (Wildman–Crippen LogP) is 1.88. The second kappa shape index (κ2) is 6.85. The smallest absolute Gasteiger partial charge is 0.308 e. The minimum Gasteiger partial charge on any atom is -0.481 e. The maximum Gasteiger partial charge on any atom is 0.308 e. The summed E-state index contributed by atoms with van der Waals surface area (Å²) in [7, 11) is -3.66. The molecule has 0 aromatic heterocycles. The van der Waals surface area contributed by atoms with Crippen LogP contribution in [0.15, 0.2) is 29.2 Å². The van der Waals surface area contributed by atoms with E-state index in [2.05, 4.69) is 4.72 Å². The van der Waals surface area contributed by atoms with E-state index in [4.69, 9.17) is 5.11 Å². The molecular formula is C14H21NO4S. The van der Waals surface area contributed by atoms with E-state index in [1.54, 1.807) is 26.0 Å². The highest BCUT2D eigenvalue weighted by molar-refractivity contribution is 7.89. The third kappa shape index (κ3) is 4.31. The van der Waals surface area contributed by atoms with Crippen molar-refractivity contribution in [3.05, 3.63) is 29.8 Å². The van der Waals surface area contributed by atoms with Gasteiger partial charge in [0.05, 0.1) is 10.8 Å². The van der Waals surface area contributed by atoms with Crippen LogP contribution in [0.25, 0.3) is 0 Å². The Labute approximate surface area is 120 Å². The fraction of sp³-hybridized carbons (Fsp3) is 0.500. The Balaban J connectivity index is 2.81. The molecule has 1 rings (SSSR count). The molecule has 20 heavy (non-hydrogen) atoms. The number of hydrogen-bond donors (Lipinski definition) is 2. The maximum absolute atomic E-state index is 12.1. The molecule has 0 amide bonds. The Morgan fingerprint density at radius 3 is 2.20 bits per heavy atom. The summed E-state index contributed by atoms with van der Waals surface area (Å²) >= 11 is 0. The number of aryl methyl sites for hydroxylation is 1. The van der Waals surface area contributed by atoms with Gasteiger partial charge in [0.1, 0.15) is 0 Å². The van der Waals surface area contributed by atoms with Gasteiger partial charge in [-0.15, -0.1) is 0 Å². The lowest BCUT2D eigenvalue weighted by atomic mass is 9.97. The van der Waals surface area contributed by atoms with Gasteiger partial charge >= 0.3 is 5.97 Å². The molecular weight excluding hydrogens is 278 g/mol. The van der Waals surface area contributed by atoms with Crippen molar-refractivity contribution in [3.8, 4) is 0 Å². The molecule has 0 aliphatic heterocycles. The van der Waals surface area contributed by atoms with Crippen molar-refractivity contribution in [2.24, 2.45) is 11.8 Å². The van der Waals surface area contributed by atoms with Gasteiger partial charge < -0.3 is 5.11 Å². The van der Waals surface area contributed by atoms with E-state index in [0.29, 0.717) is 0 Å². The molecule has 0 radical (unpaired) electrons. The van der Waals surface area contributed by atoms with Crippen LogP contribution in [0.1, 0.15) is 26.3 Å². The molecule has 0 saturated carbocycles. The van der Waals surface area contributed by atoms with Crippen LogP contribution in [0.2, 0.25) is 0 Å². The van der Waals surface area contributed by atoms with E-state index in [0.717, 1.165) is 12.0 Å². The summed E-state index contributed by atoms with van der Waals surface area (Å²) in [5.41, 5.74) is 1.05. The molecule has 0 aliphatic rings. The Hall–Kier alpha value is -1.40. The first-order valence-electron chi connectivity index (χ1n) is 6.59. The van der Waals surface area contributed by atoms with E-state index in [9.17, 15) is 13.2 Å². The van der Waals surface area contributed by atoms with Crippen molar-refractivity contribution in [2.75, 3.05) is 6.54 Å². The van der Waals surface area contributed by atoms with E-state index in [1.807, 2.05) is 6.92 Å². The zero-order valence-electron chi connectivity index (χ0n) is 12.0. The van der Waals surface area contributed by atoms with Gasteiger partial charge in [0.2, 0.25) is 10.0 Å². The molecule has 0 aliphatic carbocycles. The normalized spacial score (nSPS) is 13.4. The van der Waals surface area contributed by atoms with E-state index >= 15 is 0 Å². The lowest BCUT2D eigenvalue weighted by Crippen LogP contribution is -2.35. The van der Waals surface area contributed by atoms with Gasteiger partial charge in [-0.3, -0.25) is 4.79 Å². The van der Waals surface area contributed by atoms with Gasteiger partial charge in [0, 0.05) is 6.54 Å². The predicted molar refractivity (Wildman–Crippen MR) is 77.0 cm³/mol. The summed E-state index contributed by atoms with van der Waals surface area (Å²) < 4.78 is 26.5. The number of hydrogen-bond acceptors (Lipinski definition) is 3. The first-order chi connectivity index (χ1) is 9.27. The minimum atomic E-state index is -3.66. The second-order valence-corrected chi connectivity index (χ2v) is 6.81. The van der Waals surface area contributed by atoms with Gasteiger partial charge in [-0.2, -0.15) is 0 Å². The highest BCUT2D eigenvalue weighted by atomic mass is 32.2. The van der Waals surface area contributed by atoms with Crippen molar-refractivity contribution in [1.82, 2.24) is 4.72 Å². The molecule has 0 spiro atoms. The van der Waals surface area contributed by atoms with Crippen molar-refractivity contribution in [3.63, 3.8) is 0 Å². The number of nitrogens with one attached hydrogen (secondary N) is 1. The largest absolute Gasteiger partial charge is 0.481 e. The number of sulfonamides is 1. The van der Waals surface area contributed by atoms with E-state index < -0.39 is 21.9 Å². The molecule has 0 fully saturated rings. The number of carbonyl (C=O) groups is 1. The third-order valence-electron chi connectivity index (χ3n) is 3.26. The minimum absolute atomic E-state index is 0.106. The zero-order chi connectivity index (χ0) is 15.3. The highest BCUT2D eigenvalue weighted by Crippen LogP contribution is 2.14. The quantitative estimate of drug-likeness (QED) is 0.805. The van der Waals surface area contributed by atoms with Crippen LogP contribution in [0, 0.1) is 11.8 Å². The van der Waals surface area contributed by atoms with Crippen LogP contribution >= 0.6 is 0 Å². The van der Waals surface area contributed by atoms with E-state index in [-0.39, 0.29) is 17.4 Å². The van der Waals surface area contributed by atoms with E-state index in [1.165, 1.54) is 12.1 Å². The molecule has 5 nitrogen and oxygen atoms in total. The van der Waals surface area contributed by atoms with Crippen LogP contribution in [-0.2, 0) is 21.2 Å². The van der Waals surface area contributed by atoms with Crippen LogP contribution in [0.5, 0.6) is 0 Å².